The van der Waals surface area contributed by atoms with E-state index in [1.807, 2.05) is 6.07 Å². The molecular weight excluding hydrogens is 318 g/mol. The van der Waals surface area contributed by atoms with Crippen molar-refractivity contribution < 1.29 is 4.79 Å². The summed E-state index contributed by atoms with van der Waals surface area (Å²) in [5, 5.41) is 2.49. The smallest absolute Gasteiger partial charge is 0.267 e. The average molecular weight is 337 g/mol. The number of hydrogen-bond acceptors (Lipinski definition) is 4. The first-order valence-corrected chi connectivity index (χ1v) is 9.36. The minimum atomic E-state index is -0.433. The summed E-state index contributed by atoms with van der Waals surface area (Å²) >= 11 is 1.73. The number of amides is 1. The highest BCUT2D eigenvalue weighted by atomic mass is 32.1. The number of rotatable bonds is 2. The summed E-state index contributed by atoms with van der Waals surface area (Å²) in [5.41, 5.74) is 7.06. The van der Waals surface area contributed by atoms with Crippen molar-refractivity contribution in [1.82, 2.24) is 9.88 Å². The summed E-state index contributed by atoms with van der Waals surface area (Å²) in [6.45, 7) is 3.45. The molecule has 1 amide bonds. The first-order chi connectivity index (χ1) is 11.7. The monoisotopic (exact) mass is 337 g/mol. The lowest BCUT2D eigenvalue weighted by molar-refractivity contribution is 0.0857. The number of hydrogen-bond donors (Lipinski definition) is 1. The van der Waals surface area contributed by atoms with Gasteiger partial charge in [-0.25, -0.2) is 4.98 Å². The highest BCUT2D eigenvalue weighted by Crippen LogP contribution is 2.44. The Hall–Kier alpha value is -1.98. The molecule has 3 aromatic rings. The molecule has 3 fully saturated rings. The molecule has 3 saturated heterocycles. The van der Waals surface area contributed by atoms with Gasteiger partial charge in [0.25, 0.3) is 5.91 Å². The molecule has 122 valence electrons. The summed E-state index contributed by atoms with van der Waals surface area (Å²) in [6.07, 6.45) is 2.47. The SMILES string of the molecule is NC(=O)c1cc2sc3ccccc3c2c([C@@H]2CN3CCC2CC3)n1. The summed E-state index contributed by atoms with van der Waals surface area (Å²) in [7, 11) is 0. The molecular formula is C19H19N3OS. The van der Waals surface area contributed by atoms with E-state index in [0.717, 1.165) is 16.9 Å². The number of thiophene rings is 1. The van der Waals surface area contributed by atoms with Gasteiger partial charge in [-0.05, 0) is 44.0 Å². The minimum absolute atomic E-state index is 0.403. The lowest BCUT2D eigenvalue weighted by atomic mass is 9.76. The number of primary amides is 1. The van der Waals surface area contributed by atoms with Gasteiger partial charge in [0.15, 0.2) is 0 Å². The van der Waals surface area contributed by atoms with Gasteiger partial charge in [-0.3, -0.25) is 4.79 Å². The number of fused-ring (bicyclic) bond motifs is 6. The van der Waals surface area contributed by atoms with Gasteiger partial charge in [0.05, 0.1) is 5.69 Å². The molecule has 6 rings (SSSR count). The Balaban J connectivity index is 1.80. The average Bonchev–Trinajstić information content (AvgIpc) is 3.00. The van der Waals surface area contributed by atoms with Crippen LogP contribution in [0.3, 0.4) is 0 Å². The summed E-state index contributed by atoms with van der Waals surface area (Å²) in [5.74, 6) is 0.650. The van der Waals surface area contributed by atoms with Crippen molar-refractivity contribution in [3.63, 3.8) is 0 Å². The van der Waals surface area contributed by atoms with E-state index in [0.29, 0.717) is 17.5 Å². The lowest BCUT2D eigenvalue weighted by Gasteiger charge is -2.44. The first kappa shape index (κ1) is 14.4. The van der Waals surface area contributed by atoms with Gasteiger partial charge in [0.1, 0.15) is 5.69 Å². The predicted octanol–water partition coefficient (Wildman–Crippen LogP) is 3.36. The molecule has 4 nitrogen and oxygen atoms in total. The number of piperidine rings is 3. The van der Waals surface area contributed by atoms with Crippen LogP contribution in [-0.4, -0.2) is 35.4 Å². The number of nitrogens with zero attached hydrogens (tertiary/aromatic N) is 2. The maximum Gasteiger partial charge on any atom is 0.267 e. The molecule has 0 spiro atoms. The summed E-state index contributed by atoms with van der Waals surface area (Å²) in [4.78, 5) is 19.1. The predicted molar refractivity (Wildman–Crippen MR) is 97.5 cm³/mol. The Morgan fingerprint density at radius 2 is 2.00 bits per heavy atom. The fourth-order valence-corrected chi connectivity index (χ4v) is 5.59. The molecule has 5 heteroatoms. The van der Waals surface area contributed by atoms with Gasteiger partial charge in [0.2, 0.25) is 0 Å². The Labute approximate surface area is 144 Å². The number of benzene rings is 1. The molecule has 5 heterocycles. The van der Waals surface area contributed by atoms with E-state index in [4.69, 9.17) is 10.7 Å². The molecule has 24 heavy (non-hydrogen) atoms. The molecule has 2 bridgehead atoms. The highest BCUT2D eigenvalue weighted by molar-refractivity contribution is 7.25. The van der Waals surface area contributed by atoms with Crippen LogP contribution in [0.15, 0.2) is 30.3 Å². The van der Waals surface area contributed by atoms with Crippen molar-refractivity contribution >= 4 is 37.4 Å². The van der Waals surface area contributed by atoms with Crippen LogP contribution in [-0.2, 0) is 0 Å². The van der Waals surface area contributed by atoms with Crippen molar-refractivity contribution in [2.45, 2.75) is 18.8 Å². The second kappa shape index (κ2) is 5.26. The van der Waals surface area contributed by atoms with E-state index < -0.39 is 5.91 Å². The van der Waals surface area contributed by atoms with Crippen molar-refractivity contribution in [1.29, 1.82) is 0 Å². The van der Waals surface area contributed by atoms with Gasteiger partial charge in [0, 0.05) is 32.6 Å². The van der Waals surface area contributed by atoms with Gasteiger partial charge in [-0.1, -0.05) is 18.2 Å². The number of nitrogens with two attached hydrogens (primary N) is 1. The van der Waals surface area contributed by atoms with Crippen LogP contribution in [0, 0.1) is 5.92 Å². The molecule has 0 saturated carbocycles. The summed E-state index contributed by atoms with van der Waals surface area (Å²) in [6, 6.07) is 10.3. The van der Waals surface area contributed by atoms with E-state index in [1.165, 1.54) is 41.4 Å². The number of pyridine rings is 1. The quantitative estimate of drug-likeness (QED) is 0.780. The number of carbonyl (C=O) groups excluding carboxylic acids is 1. The zero-order valence-corrected chi connectivity index (χ0v) is 14.2. The Morgan fingerprint density at radius 1 is 1.21 bits per heavy atom. The van der Waals surface area contributed by atoms with E-state index in [-0.39, 0.29) is 0 Å². The van der Waals surface area contributed by atoms with Crippen molar-refractivity contribution in [2.75, 3.05) is 19.6 Å². The maximum absolute atomic E-state index is 11.8. The van der Waals surface area contributed by atoms with Crippen LogP contribution in [0.25, 0.3) is 20.2 Å². The third kappa shape index (κ3) is 2.08. The van der Waals surface area contributed by atoms with Gasteiger partial charge >= 0.3 is 0 Å². The molecule has 0 aliphatic carbocycles. The Morgan fingerprint density at radius 3 is 2.71 bits per heavy atom. The van der Waals surface area contributed by atoms with Gasteiger partial charge in [-0.2, -0.15) is 0 Å². The second-order valence-corrected chi connectivity index (χ2v) is 8.06. The Bertz CT molecular complexity index is 956. The normalized spacial score (nSPS) is 26.2. The highest BCUT2D eigenvalue weighted by Gasteiger charge is 2.37. The molecule has 1 aromatic carbocycles. The zero-order valence-electron chi connectivity index (χ0n) is 13.4. The summed E-state index contributed by atoms with van der Waals surface area (Å²) < 4.78 is 2.38. The van der Waals surface area contributed by atoms with Crippen LogP contribution < -0.4 is 5.73 Å². The molecule has 2 N–H and O–H groups in total. The lowest BCUT2D eigenvalue weighted by Crippen LogP contribution is -2.46. The molecule has 3 aliphatic rings. The van der Waals surface area contributed by atoms with Gasteiger partial charge < -0.3 is 10.6 Å². The molecule has 0 radical (unpaired) electrons. The Kier molecular flexibility index (Phi) is 3.15. The van der Waals surface area contributed by atoms with Crippen LogP contribution in [0.4, 0.5) is 0 Å². The standard InChI is InChI=1S/C19H19N3OS/c20-19(23)14-9-16-17(12-3-1-2-4-15(12)24-16)18(21-14)13-10-22-7-5-11(13)6-8-22/h1-4,9,11,13H,5-8,10H2,(H2,20,23)/t13-/m1/s1. The van der Waals surface area contributed by atoms with Crippen molar-refractivity contribution in [3.05, 3.63) is 41.7 Å². The van der Waals surface area contributed by atoms with E-state index >= 15 is 0 Å². The minimum Gasteiger partial charge on any atom is -0.364 e. The van der Waals surface area contributed by atoms with Crippen molar-refractivity contribution in [3.8, 4) is 0 Å². The first-order valence-electron chi connectivity index (χ1n) is 8.55. The molecule has 2 aromatic heterocycles. The topological polar surface area (TPSA) is 59.2 Å². The fraction of sp³-hybridized carbons (Fsp3) is 0.368. The third-order valence-electron chi connectivity index (χ3n) is 5.65. The van der Waals surface area contributed by atoms with Gasteiger partial charge in [-0.15, -0.1) is 11.3 Å². The third-order valence-corrected chi connectivity index (χ3v) is 6.77. The van der Waals surface area contributed by atoms with E-state index in [9.17, 15) is 4.79 Å². The van der Waals surface area contributed by atoms with Crippen LogP contribution in [0.2, 0.25) is 0 Å². The number of carbonyl (C=O) groups is 1. The molecule has 3 aliphatic heterocycles. The van der Waals surface area contributed by atoms with E-state index in [1.54, 1.807) is 11.3 Å². The van der Waals surface area contributed by atoms with Crippen LogP contribution in [0.5, 0.6) is 0 Å². The maximum atomic E-state index is 11.8. The molecule has 1 atom stereocenters. The zero-order chi connectivity index (χ0) is 16.3. The molecule has 0 unspecified atom stereocenters. The van der Waals surface area contributed by atoms with Crippen LogP contribution >= 0.6 is 11.3 Å². The number of aromatic nitrogens is 1. The van der Waals surface area contributed by atoms with E-state index in [2.05, 4.69) is 29.2 Å². The second-order valence-electron chi connectivity index (χ2n) is 6.97. The fourth-order valence-electron chi connectivity index (χ4n) is 4.44. The van der Waals surface area contributed by atoms with Crippen molar-refractivity contribution in [2.24, 2.45) is 11.7 Å². The largest absolute Gasteiger partial charge is 0.364 e. The van der Waals surface area contributed by atoms with Crippen LogP contribution in [0.1, 0.15) is 34.9 Å².